The molecule has 1 amide bonds. The molecule has 11 nitrogen and oxygen atoms in total. The number of tetrazole rings is 1. The van der Waals surface area contributed by atoms with Gasteiger partial charge < -0.3 is 9.80 Å². The third kappa shape index (κ3) is 3.37. The van der Waals surface area contributed by atoms with Crippen LogP contribution in [0, 0.1) is 10.1 Å². The van der Waals surface area contributed by atoms with E-state index in [0.29, 0.717) is 43.2 Å². The number of pyridine rings is 1. The molecule has 28 heavy (non-hydrogen) atoms. The number of rotatable bonds is 4. The predicted octanol–water partition coefficient (Wildman–Crippen LogP) is 0.928. The van der Waals surface area contributed by atoms with Gasteiger partial charge in [-0.25, -0.2) is 4.98 Å². The number of hydrogen-bond acceptors (Lipinski definition) is 8. The van der Waals surface area contributed by atoms with Crippen molar-refractivity contribution in [3.05, 3.63) is 64.6 Å². The summed E-state index contributed by atoms with van der Waals surface area (Å²) >= 11 is 0. The van der Waals surface area contributed by atoms with Gasteiger partial charge in [0.1, 0.15) is 18.3 Å². The van der Waals surface area contributed by atoms with Gasteiger partial charge in [0.25, 0.3) is 11.6 Å². The Morgan fingerprint density at radius 1 is 1.07 bits per heavy atom. The molecule has 0 saturated carbocycles. The zero-order valence-corrected chi connectivity index (χ0v) is 14.7. The highest BCUT2D eigenvalue weighted by molar-refractivity contribution is 5.97. The Balaban J connectivity index is 1.46. The van der Waals surface area contributed by atoms with E-state index in [4.69, 9.17) is 0 Å². The highest BCUT2D eigenvalue weighted by Gasteiger charge is 2.25. The molecule has 1 saturated heterocycles. The maximum Gasteiger partial charge on any atom is 0.287 e. The largest absolute Gasteiger partial charge is 0.353 e. The highest BCUT2D eigenvalue weighted by Crippen LogP contribution is 2.20. The van der Waals surface area contributed by atoms with Gasteiger partial charge in [0.05, 0.1) is 16.2 Å². The van der Waals surface area contributed by atoms with Crippen LogP contribution in [-0.2, 0) is 0 Å². The number of carbonyl (C=O) groups is 1. The number of amides is 1. The van der Waals surface area contributed by atoms with Crippen molar-refractivity contribution in [2.75, 3.05) is 31.1 Å². The second-order valence-electron chi connectivity index (χ2n) is 6.18. The lowest BCUT2D eigenvalue weighted by molar-refractivity contribution is -0.385. The minimum atomic E-state index is -0.477. The second kappa shape index (κ2) is 7.39. The number of nitro groups is 1. The molecule has 0 unspecified atom stereocenters. The van der Waals surface area contributed by atoms with Crippen molar-refractivity contribution in [2.24, 2.45) is 0 Å². The first kappa shape index (κ1) is 17.5. The van der Waals surface area contributed by atoms with E-state index in [1.807, 2.05) is 11.0 Å². The standard InChI is InChI=1S/C17H16N8O3/c26-17(14-3-1-2-4-15(14)24-12-19-20-21-24)23-9-7-22(8-10-23)16-6-5-13(11-18-16)25(27)28/h1-6,11-12H,7-10H2. The van der Waals surface area contributed by atoms with Crippen LogP contribution >= 0.6 is 0 Å². The first-order chi connectivity index (χ1) is 13.6. The number of benzene rings is 1. The summed E-state index contributed by atoms with van der Waals surface area (Å²) in [6.07, 6.45) is 2.69. The van der Waals surface area contributed by atoms with Crippen LogP contribution in [0.3, 0.4) is 0 Å². The summed E-state index contributed by atoms with van der Waals surface area (Å²) in [5.74, 6) is 0.564. The topological polar surface area (TPSA) is 123 Å². The Labute approximate surface area is 159 Å². The van der Waals surface area contributed by atoms with Crippen molar-refractivity contribution in [3.63, 3.8) is 0 Å². The van der Waals surface area contributed by atoms with Gasteiger partial charge in [-0.1, -0.05) is 12.1 Å². The minimum absolute atomic E-state index is 0.0447. The molecule has 2 aromatic heterocycles. The van der Waals surface area contributed by atoms with Gasteiger partial charge in [-0.15, -0.1) is 5.10 Å². The first-order valence-electron chi connectivity index (χ1n) is 8.60. The maximum atomic E-state index is 13.0. The molecule has 0 N–H and O–H groups in total. The summed E-state index contributed by atoms with van der Waals surface area (Å²) < 4.78 is 1.46. The van der Waals surface area contributed by atoms with Gasteiger partial charge in [0, 0.05) is 32.2 Å². The average Bonchev–Trinajstić information content (AvgIpc) is 3.28. The molecule has 0 radical (unpaired) electrons. The van der Waals surface area contributed by atoms with Gasteiger partial charge in [0.2, 0.25) is 0 Å². The van der Waals surface area contributed by atoms with Crippen LogP contribution in [0.25, 0.3) is 5.69 Å². The van der Waals surface area contributed by atoms with Crippen LogP contribution in [0.5, 0.6) is 0 Å². The van der Waals surface area contributed by atoms with Crippen LogP contribution in [0.15, 0.2) is 48.9 Å². The lowest BCUT2D eigenvalue weighted by Gasteiger charge is -2.35. The van der Waals surface area contributed by atoms with E-state index in [0.717, 1.165) is 0 Å². The molecule has 142 valence electrons. The van der Waals surface area contributed by atoms with Gasteiger partial charge >= 0.3 is 0 Å². The summed E-state index contributed by atoms with van der Waals surface area (Å²) in [7, 11) is 0. The lowest BCUT2D eigenvalue weighted by atomic mass is 10.1. The Bertz CT molecular complexity index is 982. The number of hydrogen-bond donors (Lipinski definition) is 0. The minimum Gasteiger partial charge on any atom is -0.353 e. The third-order valence-electron chi connectivity index (χ3n) is 4.56. The molecule has 3 aromatic rings. The Morgan fingerprint density at radius 2 is 1.86 bits per heavy atom. The van der Waals surface area contributed by atoms with Gasteiger partial charge in [-0.3, -0.25) is 14.9 Å². The Kier molecular flexibility index (Phi) is 4.62. The molecule has 3 heterocycles. The molecule has 1 aromatic carbocycles. The molecule has 0 aliphatic carbocycles. The number of aromatic nitrogens is 5. The van der Waals surface area contributed by atoms with E-state index in [-0.39, 0.29) is 11.6 Å². The highest BCUT2D eigenvalue weighted by atomic mass is 16.6. The van der Waals surface area contributed by atoms with Crippen LogP contribution in [0.4, 0.5) is 11.5 Å². The predicted molar refractivity (Wildman–Crippen MR) is 98.2 cm³/mol. The van der Waals surface area contributed by atoms with Gasteiger partial charge in [-0.2, -0.15) is 4.68 Å². The third-order valence-corrected chi connectivity index (χ3v) is 4.56. The second-order valence-corrected chi connectivity index (χ2v) is 6.18. The molecule has 0 atom stereocenters. The molecule has 1 aliphatic rings. The molecular formula is C17H16N8O3. The summed E-state index contributed by atoms with van der Waals surface area (Å²) in [6, 6.07) is 10.2. The normalized spacial score (nSPS) is 14.1. The Hall–Kier alpha value is -3.89. The van der Waals surface area contributed by atoms with E-state index in [9.17, 15) is 14.9 Å². The summed E-state index contributed by atoms with van der Waals surface area (Å²) in [5, 5.41) is 21.9. The van der Waals surface area contributed by atoms with Crippen LogP contribution in [0.2, 0.25) is 0 Å². The number of para-hydroxylation sites is 1. The molecule has 4 rings (SSSR count). The van der Waals surface area contributed by atoms with E-state index in [1.54, 1.807) is 29.2 Å². The maximum absolute atomic E-state index is 13.0. The molecular weight excluding hydrogens is 364 g/mol. The lowest BCUT2D eigenvalue weighted by Crippen LogP contribution is -2.49. The SMILES string of the molecule is O=C(c1ccccc1-n1cnnn1)N1CCN(c2ccc([N+](=O)[O-])cn2)CC1. The quantitative estimate of drug-likeness (QED) is 0.484. The zero-order valence-electron chi connectivity index (χ0n) is 14.7. The monoisotopic (exact) mass is 380 g/mol. The molecule has 1 aliphatic heterocycles. The van der Waals surface area contributed by atoms with Crippen LogP contribution in [-0.4, -0.2) is 67.1 Å². The van der Waals surface area contributed by atoms with Crippen LogP contribution < -0.4 is 4.90 Å². The number of carbonyl (C=O) groups excluding carboxylic acids is 1. The number of nitrogens with zero attached hydrogens (tertiary/aromatic N) is 8. The van der Waals surface area contributed by atoms with Crippen molar-refractivity contribution in [2.45, 2.75) is 0 Å². The Morgan fingerprint density at radius 3 is 2.50 bits per heavy atom. The van der Waals surface area contributed by atoms with Crippen molar-refractivity contribution in [1.29, 1.82) is 0 Å². The number of piperazine rings is 1. The van der Waals surface area contributed by atoms with E-state index in [2.05, 4.69) is 20.5 Å². The average molecular weight is 380 g/mol. The molecule has 0 bridgehead atoms. The summed E-state index contributed by atoms with van der Waals surface area (Å²) in [4.78, 5) is 31.2. The van der Waals surface area contributed by atoms with Gasteiger partial charge in [0.15, 0.2) is 0 Å². The van der Waals surface area contributed by atoms with E-state index < -0.39 is 4.92 Å². The van der Waals surface area contributed by atoms with E-state index >= 15 is 0 Å². The van der Waals surface area contributed by atoms with Crippen molar-refractivity contribution in [1.82, 2.24) is 30.1 Å². The smallest absolute Gasteiger partial charge is 0.287 e. The van der Waals surface area contributed by atoms with Crippen molar-refractivity contribution < 1.29 is 9.72 Å². The molecule has 11 heteroatoms. The van der Waals surface area contributed by atoms with Crippen molar-refractivity contribution >= 4 is 17.4 Å². The number of anilines is 1. The summed E-state index contributed by atoms with van der Waals surface area (Å²) in [5.41, 5.74) is 1.10. The zero-order chi connectivity index (χ0) is 19.5. The van der Waals surface area contributed by atoms with Crippen molar-refractivity contribution in [3.8, 4) is 5.69 Å². The molecule has 1 fully saturated rings. The van der Waals surface area contributed by atoms with Gasteiger partial charge in [-0.05, 0) is 28.6 Å². The van der Waals surface area contributed by atoms with E-state index in [1.165, 1.54) is 23.3 Å². The first-order valence-corrected chi connectivity index (χ1v) is 8.60. The fourth-order valence-electron chi connectivity index (χ4n) is 3.11. The van der Waals surface area contributed by atoms with Crippen LogP contribution in [0.1, 0.15) is 10.4 Å². The molecule has 0 spiro atoms. The fraction of sp³-hybridized carbons (Fsp3) is 0.235. The summed E-state index contributed by atoms with van der Waals surface area (Å²) in [6.45, 7) is 2.20. The fourth-order valence-corrected chi connectivity index (χ4v) is 3.11.